The van der Waals surface area contributed by atoms with E-state index in [4.69, 9.17) is 9.47 Å². The van der Waals surface area contributed by atoms with Crippen LogP contribution in [-0.4, -0.2) is 36.2 Å². The zero-order valence-corrected chi connectivity index (χ0v) is 14.8. The average Bonchev–Trinajstić information content (AvgIpc) is 2.69. The summed E-state index contributed by atoms with van der Waals surface area (Å²) in [6, 6.07) is 11.5. The van der Waals surface area contributed by atoms with Crippen molar-refractivity contribution in [2.75, 3.05) is 13.2 Å². The Morgan fingerprint density at radius 3 is 2.58 bits per heavy atom. The fraction of sp³-hybridized carbons (Fsp3) is 0.278. The summed E-state index contributed by atoms with van der Waals surface area (Å²) in [6.07, 6.45) is 3.50. The maximum Gasteiger partial charge on any atom is 0.331 e. The van der Waals surface area contributed by atoms with Crippen LogP contribution in [0.3, 0.4) is 0 Å². The summed E-state index contributed by atoms with van der Waals surface area (Å²) in [5.74, 6) is 0.224. The predicted octanol–water partition coefficient (Wildman–Crippen LogP) is 2.79. The Hall–Kier alpha value is -2.58. The van der Waals surface area contributed by atoms with E-state index in [-0.39, 0.29) is 6.10 Å². The van der Waals surface area contributed by atoms with Crippen molar-refractivity contribution in [1.82, 2.24) is 15.0 Å². The topological polar surface area (TPSA) is 89.6 Å². The third kappa shape index (κ3) is 5.47. The van der Waals surface area contributed by atoms with Gasteiger partial charge in [-0.15, -0.1) is 0 Å². The van der Waals surface area contributed by atoms with Gasteiger partial charge in [-0.3, -0.25) is 14.8 Å². The molecule has 0 bridgehead atoms. The van der Waals surface area contributed by atoms with E-state index < -0.39 is 11.9 Å². The van der Waals surface area contributed by atoms with E-state index in [0.29, 0.717) is 29.6 Å². The number of nitrogens with one attached hydrogen (secondary N) is 2. The second kappa shape index (κ2) is 9.21. The zero-order chi connectivity index (χ0) is 18.2. The molecule has 0 saturated carbocycles. The third-order valence-corrected chi connectivity index (χ3v) is 4.43. The van der Waals surface area contributed by atoms with Gasteiger partial charge < -0.3 is 9.47 Å². The normalized spacial score (nSPS) is 14.5. The van der Waals surface area contributed by atoms with Gasteiger partial charge >= 0.3 is 6.03 Å². The fourth-order valence-electron chi connectivity index (χ4n) is 2.37. The number of benzene rings is 1. The summed E-state index contributed by atoms with van der Waals surface area (Å²) >= 11 is 1.02. The minimum atomic E-state index is -0.604. The molecular formula is C18H19N3O4S. The van der Waals surface area contributed by atoms with Crippen molar-refractivity contribution in [2.45, 2.75) is 24.0 Å². The molecule has 3 rings (SSSR count). The lowest BCUT2D eigenvalue weighted by Crippen LogP contribution is -2.36. The van der Waals surface area contributed by atoms with E-state index in [0.717, 1.165) is 24.8 Å². The van der Waals surface area contributed by atoms with Crippen molar-refractivity contribution in [3.8, 4) is 5.75 Å². The molecular weight excluding hydrogens is 354 g/mol. The lowest BCUT2D eigenvalue weighted by atomic mass is 10.1. The van der Waals surface area contributed by atoms with Crippen LogP contribution in [-0.2, 0) is 4.74 Å². The van der Waals surface area contributed by atoms with Gasteiger partial charge in [-0.25, -0.2) is 9.78 Å². The summed E-state index contributed by atoms with van der Waals surface area (Å²) in [5, 5.41) is 2.85. The molecule has 1 aliphatic rings. The van der Waals surface area contributed by atoms with Gasteiger partial charge in [0, 0.05) is 30.4 Å². The Morgan fingerprint density at radius 2 is 1.88 bits per heavy atom. The highest BCUT2D eigenvalue weighted by molar-refractivity contribution is 7.97. The summed E-state index contributed by atoms with van der Waals surface area (Å²) in [5.41, 5.74) is 0.417. The van der Waals surface area contributed by atoms with Crippen LogP contribution in [0.4, 0.5) is 4.79 Å². The van der Waals surface area contributed by atoms with Gasteiger partial charge in [0.05, 0.1) is 19.4 Å². The molecule has 1 saturated heterocycles. The highest BCUT2D eigenvalue weighted by atomic mass is 32.2. The number of amides is 3. The van der Waals surface area contributed by atoms with Gasteiger partial charge in [-0.1, -0.05) is 18.2 Å². The number of aromatic nitrogens is 1. The van der Waals surface area contributed by atoms with Gasteiger partial charge in [0.1, 0.15) is 16.9 Å². The number of imide groups is 1. The molecule has 136 valence electrons. The monoisotopic (exact) mass is 373 g/mol. The largest absolute Gasteiger partial charge is 0.489 e. The zero-order valence-electron chi connectivity index (χ0n) is 14.0. The first-order valence-electron chi connectivity index (χ1n) is 8.24. The van der Waals surface area contributed by atoms with E-state index in [1.807, 2.05) is 0 Å². The number of hydrogen-bond donors (Lipinski definition) is 2. The van der Waals surface area contributed by atoms with Gasteiger partial charge in [0.25, 0.3) is 5.91 Å². The van der Waals surface area contributed by atoms with Crippen LogP contribution in [0.25, 0.3) is 0 Å². The molecule has 7 nitrogen and oxygen atoms in total. The van der Waals surface area contributed by atoms with Crippen LogP contribution < -0.4 is 14.8 Å². The first-order valence-corrected chi connectivity index (χ1v) is 9.06. The van der Waals surface area contributed by atoms with E-state index in [9.17, 15) is 9.59 Å². The Morgan fingerprint density at radius 1 is 1.12 bits per heavy atom. The summed E-state index contributed by atoms with van der Waals surface area (Å²) in [7, 11) is 0. The standard InChI is InChI=1S/C18H19N3O4S/c22-17(13-4-2-1-3-5-13)20-18(23)21-26-16-7-6-15(12-19-16)25-14-8-10-24-11-9-14/h1-7,12,14H,8-11H2,(H2,20,21,22,23). The molecule has 1 aromatic heterocycles. The number of carbonyl (C=O) groups is 2. The number of pyridine rings is 1. The minimum Gasteiger partial charge on any atom is -0.489 e. The average molecular weight is 373 g/mol. The minimum absolute atomic E-state index is 0.150. The Balaban J connectivity index is 1.44. The van der Waals surface area contributed by atoms with Crippen molar-refractivity contribution in [1.29, 1.82) is 0 Å². The van der Waals surface area contributed by atoms with Crippen LogP contribution in [0.5, 0.6) is 5.75 Å². The van der Waals surface area contributed by atoms with E-state index in [1.165, 1.54) is 0 Å². The molecule has 2 aromatic rings. The van der Waals surface area contributed by atoms with Gasteiger partial charge in [-0.05, 0) is 24.3 Å². The first-order chi connectivity index (χ1) is 12.7. The molecule has 0 atom stereocenters. The molecule has 0 unspecified atom stereocenters. The smallest absolute Gasteiger partial charge is 0.331 e. The summed E-state index contributed by atoms with van der Waals surface area (Å²) in [6.45, 7) is 1.43. The third-order valence-electron chi connectivity index (χ3n) is 3.69. The van der Waals surface area contributed by atoms with E-state index in [2.05, 4.69) is 15.0 Å². The van der Waals surface area contributed by atoms with Crippen LogP contribution in [0.1, 0.15) is 23.2 Å². The summed E-state index contributed by atoms with van der Waals surface area (Å²) < 4.78 is 13.7. The Labute approximate surface area is 155 Å². The quantitative estimate of drug-likeness (QED) is 0.784. The second-order valence-corrected chi connectivity index (χ2v) is 6.44. The Bertz CT molecular complexity index is 734. The number of rotatable bonds is 5. The molecule has 26 heavy (non-hydrogen) atoms. The summed E-state index contributed by atoms with van der Waals surface area (Å²) in [4.78, 5) is 27.9. The van der Waals surface area contributed by atoms with Gasteiger partial charge in [0.2, 0.25) is 0 Å². The molecule has 2 heterocycles. The number of urea groups is 1. The van der Waals surface area contributed by atoms with Crippen molar-refractivity contribution in [3.05, 3.63) is 54.2 Å². The molecule has 0 spiro atoms. The first kappa shape index (κ1) is 18.2. The molecule has 1 fully saturated rings. The molecule has 0 radical (unpaired) electrons. The maximum atomic E-state index is 11.9. The van der Waals surface area contributed by atoms with Gasteiger partial charge in [0.15, 0.2) is 0 Å². The fourth-order valence-corrected chi connectivity index (χ4v) is 2.86. The predicted molar refractivity (Wildman–Crippen MR) is 97.0 cm³/mol. The SMILES string of the molecule is O=C(NSc1ccc(OC2CCOCC2)cn1)NC(=O)c1ccccc1. The lowest BCUT2D eigenvalue weighted by Gasteiger charge is -2.23. The number of nitrogens with zero attached hydrogens (tertiary/aromatic N) is 1. The van der Waals surface area contributed by atoms with Crippen molar-refractivity contribution in [3.63, 3.8) is 0 Å². The van der Waals surface area contributed by atoms with Crippen LogP contribution in [0.15, 0.2) is 53.7 Å². The molecule has 1 aliphatic heterocycles. The molecule has 1 aromatic carbocycles. The number of ether oxygens (including phenoxy) is 2. The van der Waals surface area contributed by atoms with Crippen molar-refractivity contribution >= 4 is 23.9 Å². The molecule has 8 heteroatoms. The van der Waals surface area contributed by atoms with Crippen LogP contribution in [0, 0.1) is 0 Å². The number of carbonyl (C=O) groups excluding carboxylic acids is 2. The molecule has 3 amide bonds. The lowest BCUT2D eigenvalue weighted by molar-refractivity contribution is 0.0254. The highest BCUT2D eigenvalue weighted by Gasteiger charge is 2.15. The van der Waals surface area contributed by atoms with Crippen LogP contribution in [0.2, 0.25) is 0 Å². The van der Waals surface area contributed by atoms with Crippen molar-refractivity contribution < 1.29 is 19.1 Å². The maximum absolute atomic E-state index is 11.9. The van der Waals surface area contributed by atoms with Crippen molar-refractivity contribution in [2.24, 2.45) is 0 Å². The van der Waals surface area contributed by atoms with E-state index in [1.54, 1.807) is 48.7 Å². The molecule has 0 aliphatic carbocycles. The Kier molecular flexibility index (Phi) is 6.45. The molecule has 2 N–H and O–H groups in total. The highest BCUT2D eigenvalue weighted by Crippen LogP contribution is 2.19. The van der Waals surface area contributed by atoms with E-state index >= 15 is 0 Å². The van der Waals surface area contributed by atoms with Crippen LogP contribution >= 0.6 is 11.9 Å². The van der Waals surface area contributed by atoms with Gasteiger partial charge in [-0.2, -0.15) is 0 Å². The second-order valence-electron chi connectivity index (χ2n) is 5.62. The number of hydrogen-bond acceptors (Lipinski definition) is 6.